The molecule has 0 aliphatic carbocycles. The van der Waals surface area contributed by atoms with Gasteiger partial charge in [0.15, 0.2) is 6.10 Å². The topological polar surface area (TPSA) is 83.1 Å². The van der Waals surface area contributed by atoms with E-state index in [-0.39, 0.29) is 12.1 Å². The normalized spacial score (nSPS) is 12.4. The van der Waals surface area contributed by atoms with Gasteiger partial charge in [-0.05, 0) is 72.4 Å². The third-order valence-electron chi connectivity index (χ3n) is 4.08. The fourth-order valence-electron chi connectivity index (χ4n) is 2.90. The van der Waals surface area contributed by atoms with E-state index in [1.54, 1.807) is 14.0 Å². The van der Waals surface area contributed by atoms with E-state index in [1.165, 1.54) is 0 Å². The van der Waals surface area contributed by atoms with Gasteiger partial charge >= 0.3 is 12.1 Å². The Balaban J connectivity index is 2.70. The number of alkyl carbamates (subject to hydrolysis) is 1. The zero-order valence-electron chi connectivity index (χ0n) is 19.4. The number of hydrogen-bond acceptors (Lipinski definition) is 6. The molecule has 0 spiro atoms. The second-order valence-electron chi connectivity index (χ2n) is 8.32. The number of carbonyl (C=O) groups excluding carboxylic acids is 2. The minimum absolute atomic E-state index is 0.0501. The van der Waals surface area contributed by atoms with Crippen LogP contribution in [-0.4, -0.2) is 43.6 Å². The number of rotatable bonds is 11. The molecule has 1 atom stereocenters. The van der Waals surface area contributed by atoms with Gasteiger partial charge in [0.2, 0.25) is 0 Å². The number of aryl methyl sites for hydroxylation is 1. The first-order valence-corrected chi connectivity index (χ1v) is 10.5. The Labute approximate surface area is 180 Å². The molecule has 0 bridgehead atoms. The van der Waals surface area contributed by atoms with Crippen molar-refractivity contribution in [1.82, 2.24) is 5.32 Å². The largest absolute Gasteiger partial charge is 0.496 e. The molecular formula is C23H37NO6. The summed E-state index contributed by atoms with van der Waals surface area (Å²) in [5.74, 6) is 0.380. The van der Waals surface area contributed by atoms with Crippen molar-refractivity contribution in [2.24, 2.45) is 0 Å². The molecule has 0 radical (unpaired) electrons. The number of hydrogen-bond donors (Lipinski definition) is 1. The molecule has 30 heavy (non-hydrogen) atoms. The Morgan fingerprint density at radius 2 is 1.87 bits per heavy atom. The molecule has 0 aromatic heterocycles. The van der Waals surface area contributed by atoms with Crippen molar-refractivity contribution in [2.75, 3.05) is 13.7 Å². The lowest BCUT2D eigenvalue weighted by atomic mass is 10.0. The lowest BCUT2D eigenvalue weighted by molar-refractivity contribution is -0.160. The van der Waals surface area contributed by atoms with Crippen LogP contribution in [0.3, 0.4) is 0 Å². The summed E-state index contributed by atoms with van der Waals surface area (Å²) in [6.07, 6.45) is 1.03. The van der Waals surface area contributed by atoms with Gasteiger partial charge in [0.05, 0.1) is 19.8 Å². The number of amides is 1. The van der Waals surface area contributed by atoms with Gasteiger partial charge in [0.25, 0.3) is 0 Å². The second kappa shape index (κ2) is 12.4. The van der Waals surface area contributed by atoms with E-state index >= 15 is 0 Å². The summed E-state index contributed by atoms with van der Waals surface area (Å²) < 4.78 is 21.5. The average molecular weight is 424 g/mol. The van der Waals surface area contributed by atoms with E-state index in [0.29, 0.717) is 25.3 Å². The SMILES string of the molecule is CCOC(=O)C(CCCc1ccc(OC)c(CNC(=O)OC(C)(C)C)c1)OC(C)C. The molecule has 0 aliphatic rings. The fraction of sp³-hybridized carbons (Fsp3) is 0.652. The van der Waals surface area contributed by atoms with Crippen LogP contribution >= 0.6 is 0 Å². The highest BCUT2D eigenvalue weighted by atomic mass is 16.6. The van der Waals surface area contributed by atoms with E-state index in [1.807, 2.05) is 52.8 Å². The van der Waals surface area contributed by atoms with E-state index in [0.717, 1.165) is 24.0 Å². The molecule has 1 unspecified atom stereocenters. The van der Waals surface area contributed by atoms with Crippen molar-refractivity contribution in [1.29, 1.82) is 0 Å². The van der Waals surface area contributed by atoms with Gasteiger partial charge < -0.3 is 24.3 Å². The Morgan fingerprint density at radius 3 is 2.43 bits per heavy atom. The number of methoxy groups -OCH3 is 1. The van der Waals surface area contributed by atoms with Gasteiger partial charge in [-0.1, -0.05) is 12.1 Å². The Morgan fingerprint density at radius 1 is 1.17 bits per heavy atom. The minimum atomic E-state index is -0.559. The number of carbonyl (C=O) groups is 2. The predicted molar refractivity (Wildman–Crippen MR) is 116 cm³/mol. The van der Waals surface area contributed by atoms with Crippen LogP contribution in [0, 0.1) is 0 Å². The Kier molecular flexibility index (Phi) is 10.7. The highest BCUT2D eigenvalue weighted by Crippen LogP contribution is 2.22. The first-order valence-electron chi connectivity index (χ1n) is 10.5. The van der Waals surface area contributed by atoms with Crippen molar-refractivity contribution in [2.45, 2.75) is 85.2 Å². The molecule has 0 heterocycles. The highest BCUT2D eigenvalue weighted by molar-refractivity contribution is 5.74. The van der Waals surface area contributed by atoms with Crippen molar-refractivity contribution in [3.63, 3.8) is 0 Å². The van der Waals surface area contributed by atoms with Crippen molar-refractivity contribution in [3.8, 4) is 5.75 Å². The van der Waals surface area contributed by atoms with E-state index in [9.17, 15) is 9.59 Å². The standard InChI is InChI=1S/C23H37NO6/c1-8-28-21(25)20(29-16(2)3)11-9-10-17-12-13-19(27-7)18(14-17)15-24-22(26)30-23(4,5)6/h12-14,16,20H,8-11,15H2,1-7H3,(H,24,26). The molecule has 1 aromatic carbocycles. The molecule has 1 amide bonds. The molecule has 1 N–H and O–H groups in total. The molecule has 170 valence electrons. The fourth-order valence-corrected chi connectivity index (χ4v) is 2.90. The van der Waals surface area contributed by atoms with Gasteiger partial charge in [-0.25, -0.2) is 9.59 Å². The van der Waals surface area contributed by atoms with Crippen LogP contribution in [0.25, 0.3) is 0 Å². The third-order valence-corrected chi connectivity index (χ3v) is 4.08. The molecule has 1 aromatic rings. The summed E-state index contributed by atoms with van der Waals surface area (Å²) in [6, 6.07) is 5.87. The van der Waals surface area contributed by atoms with Crippen LogP contribution in [0.4, 0.5) is 4.79 Å². The van der Waals surface area contributed by atoms with Crippen molar-refractivity contribution in [3.05, 3.63) is 29.3 Å². The van der Waals surface area contributed by atoms with Crippen LogP contribution in [0.5, 0.6) is 5.75 Å². The predicted octanol–water partition coefficient (Wildman–Crippen LogP) is 4.40. The quantitative estimate of drug-likeness (QED) is 0.531. The van der Waals surface area contributed by atoms with Gasteiger partial charge in [-0.2, -0.15) is 0 Å². The van der Waals surface area contributed by atoms with E-state index < -0.39 is 17.8 Å². The third kappa shape index (κ3) is 9.96. The zero-order valence-corrected chi connectivity index (χ0v) is 19.4. The van der Waals surface area contributed by atoms with Gasteiger partial charge in [0, 0.05) is 12.1 Å². The van der Waals surface area contributed by atoms with Crippen LogP contribution < -0.4 is 10.1 Å². The van der Waals surface area contributed by atoms with Crippen LogP contribution in [0.1, 0.15) is 65.5 Å². The van der Waals surface area contributed by atoms with E-state index in [4.69, 9.17) is 18.9 Å². The number of ether oxygens (including phenoxy) is 4. The lowest BCUT2D eigenvalue weighted by Gasteiger charge is -2.20. The molecule has 1 rings (SSSR count). The summed E-state index contributed by atoms with van der Waals surface area (Å²) in [4.78, 5) is 24.0. The van der Waals surface area contributed by atoms with E-state index in [2.05, 4.69) is 5.32 Å². The second-order valence-corrected chi connectivity index (χ2v) is 8.32. The molecule has 0 saturated carbocycles. The van der Waals surface area contributed by atoms with Crippen molar-refractivity contribution < 1.29 is 28.5 Å². The van der Waals surface area contributed by atoms with Crippen LogP contribution in [-0.2, 0) is 32.0 Å². The monoisotopic (exact) mass is 423 g/mol. The molecule has 0 saturated heterocycles. The van der Waals surface area contributed by atoms with Crippen LogP contribution in [0.15, 0.2) is 18.2 Å². The number of esters is 1. The molecular weight excluding hydrogens is 386 g/mol. The Hall–Kier alpha value is -2.28. The molecule has 7 nitrogen and oxygen atoms in total. The molecule has 0 aliphatic heterocycles. The maximum Gasteiger partial charge on any atom is 0.407 e. The highest BCUT2D eigenvalue weighted by Gasteiger charge is 2.21. The summed E-state index contributed by atoms with van der Waals surface area (Å²) in [6.45, 7) is 11.7. The maximum absolute atomic E-state index is 12.1. The maximum atomic E-state index is 12.1. The van der Waals surface area contributed by atoms with Gasteiger partial charge in [0.1, 0.15) is 11.4 Å². The number of benzene rings is 1. The summed E-state index contributed by atoms with van der Waals surface area (Å²) in [7, 11) is 1.60. The van der Waals surface area contributed by atoms with Gasteiger partial charge in [-0.3, -0.25) is 0 Å². The minimum Gasteiger partial charge on any atom is -0.496 e. The zero-order chi connectivity index (χ0) is 22.7. The Bertz CT molecular complexity index is 681. The smallest absolute Gasteiger partial charge is 0.407 e. The first-order chi connectivity index (χ1) is 14.1. The summed E-state index contributed by atoms with van der Waals surface area (Å²) in [5, 5.41) is 2.76. The lowest BCUT2D eigenvalue weighted by Crippen LogP contribution is -2.32. The molecule has 0 fully saturated rings. The number of nitrogens with one attached hydrogen (secondary N) is 1. The van der Waals surface area contributed by atoms with Crippen molar-refractivity contribution >= 4 is 12.1 Å². The average Bonchev–Trinajstić information content (AvgIpc) is 2.64. The first kappa shape index (κ1) is 25.8. The van der Waals surface area contributed by atoms with Gasteiger partial charge in [-0.15, -0.1) is 0 Å². The van der Waals surface area contributed by atoms with Crippen LogP contribution in [0.2, 0.25) is 0 Å². The summed E-state index contributed by atoms with van der Waals surface area (Å²) in [5.41, 5.74) is 1.40. The molecule has 7 heteroatoms. The summed E-state index contributed by atoms with van der Waals surface area (Å²) >= 11 is 0.